The first-order chi connectivity index (χ1) is 6.93. The zero-order valence-corrected chi connectivity index (χ0v) is 11.3. The largest absolute Gasteiger partial charge is 0.381 e. The summed E-state index contributed by atoms with van der Waals surface area (Å²) in [7, 11) is 0. The molecule has 90 valence electrons. The summed E-state index contributed by atoms with van der Waals surface area (Å²) >= 11 is 0. The maximum absolute atomic E-state index is 5.79. The molecule has 1 fully saturated rings. The molecule has 1 aliphatic rings. The van der Waals surface area contributed by atoms with Crippen molar-refractivity contribution in [3.8, 4) is 0 Å². The first kappa shape index (κ1) is 13.0. The van der Waals surface area contributed by atoms with Crippen LogP contribution in [0.25, 0.3) is 0 Å². The van der Waals surface area contributed by atoms with Gasteiger partial charge in [0.05, 0.1) is 6.61 Å². The van der Waals surface area contributed by atoms with Gasteiger partial charge in [-0.05, 0) is 30.1 Å². The van der Waals surface area contributed by atoms with Crippen molar-refractivity contribution in [2.45, 2.75) is 48.0 Å². The molecule has 1 aliphatic heterocycles. The highest BCUT2D eigenvalue weighted by Crippen LogP contribution is 2.49. The van der Waals surface area contributed by atoms with Crippen molar-refractivity contribution >= 4 is 0 Å². The molecule has 0 aliphatic carbocycles. The molecule has 0 spiro atoms. The fourth-order valence-corrected chi connectivity index (χ4v) is 3.65. The average molecular weight is 212 g/mol. The van der Waals surface area contributed by atoms with Crippen molar-refractivity contribution in [3.05, 3.63) is 0 Å². The molecule has 1 heteroatoms. The summed E-state index contributed by atoms with van der Waals surface area (Å²) in [6.07, 6.45) is 1.24. The number of hydrogen-bond acceptors (Lipinski definition) is 1. The number of hydrogen-bond donors (Lipinski definition) is 0. The first-order valence-electron chi connectivity index (χ1n) is 6.50. The molecule has 0 bridgehead atoms. The Morgan fingerprint density at radius 3 is 1.87 bits per heavy atom. The van der Waals surface area contributed by atoms with E-state index in [2.05, 4.69) is 41.5 Å². The molecule has 0 N–H and O–H groups in total. The van der Waals surface area contributed by atoms with E-state index in [1.807, 2.05) is 0 Å². The average Bonchev–Trinajstić information content (AvgIpc) is 2.16. The van der Waals surface area contributed by atoms with Crippen LogP contribution in [0.4, 0.5) is 0 Å². The highest BCUT2D eigenvalue weighted by molar-refractivity contribution is 4.94. The Morgan fingerprint density at radius 1 is 1.00 bits per heavy atom. The molecule has 0 aromatic carbocycles. The van der Waals surface area contributed by atoms with Gasteiger partial charge < -0.3 is 4.74 Å². The van der Waals surface area contributed by atoms with Crippen molar-refractivity contribution < 1.29 is 4.74 Å². The third-order valence-electron chi connectivity index (χ3n) is 4.57. The fraction of sp³-hybridized carbons (Fsp3) is 1.00. The van der Waals surface area contributed by atoms with Gasteiger partial charge in [-0.1, -0.05) is 41.5 Å². The minimum Gasteiger partial charge on any atom is -0.381 e. The Hall–Kier alpha value is -0.0400. The van der Waals surface area contributed by atoms with Crippen LogP contribution in [0.3, 0.4) is 0 Å². The van der Waals surface area contributed by atoms with Crippen LogP contribution in [0.2, 0.25) is 0 Å². The summed E-state index contributed by atoms with van der Waals surface area (Å²) in [4.78, 5) is 0. The summed E-state index contributed by atoms with van der Waals surface area (Å²) in [6.45, 7) is 16.1. The smallest absolute Gasteiger partial charge is 0.0530 e. The van der Waals surface area contributed by atoms with Crippen molar-refractivity contribution in [2.75, 3.05) is 13.2 Å². The van der Waals surface area contributed by atoms with Gasteiger partial charge in [-0.3, -0.25) is 0 Å². The zero-order chi connectivity index (χ0) is 11.6. The van der Waals surface area contributed by atoms with E-state index in [1.165, 1.54) is 6.42 Å². The lowest BCUT2D eigenvalue weighted by molar-refractivity contribution is -0.120. The van der Waals surface area contributed by atoms with Gasteiger partial charge in [0.1, 0.15) is 0 Å². The first-order valence-corrected chi connectivity index (χ1v) is 6.50. The van der Waals surface area contributed by atoms with Crippen LogP contribution >= 0.6 is 0 Å². The normalized spacial score (nSPS) is 26.6. The molecule has 15 heavy (non-hydrogen) atoms. The van der Waals surface area contributed by atoms with Gasteiger partial charge in [-0.15, -0.1) is 0 Å². The second-order valence-corrected chi connectivity index (χ2v) is 6.11. The molecule has 1 saturated heterocycles. The third kappa shape index (κ3) is 2.22. The second kappa shape index (κ2) is 4.86. The molecular weight excluding hydrogens is 184 g/mol. The summed E-state index contributed by atoms with van der Waals surface area (Å²) in [5.41, 5.74) is 0.395. The number of ether oxygens (including phenoxy) is 1. The molecule has 1 nitrogen and oxygen atoms in total. The molecule has 1 heterocycles. The fourth-order valence-electron chi connectivity index (χ4n) is 3.65. The van der Waals surface area contributed by atoms with Gasteiger partial charge in [0.25, 0.3) is 0 Å². The molecule has 0 saturated carbocycles. The predicted octanol–water partition coefficient (Wildman–Crippen LogP) is 3.98. The van der Waals surface area contributed by atoms with E-state index >= 15 is 0 Å². The Bertz CT molecular complexity index is 186. The van der Waals surface area contributed by atoms with E-state index < -0.39 is 0 Å². The van der Waals surface area contributed by atoms with Crippen LogP contribution < -0.4 is 0 Å². The van der Waals surface area contributed by atoms with Gasteiger partial charge in [0, 0.05) is 12.0 Å². The van der Waals surface area contributed by atoms with E-state index in [4.69, 9.17) is 4.74 Å². The van der Waals surface area contributed by atoms with Crippen LogP contribution in [-0.4, -0.2) is 13.2 Å². The quantitative estimate of drug-likeness (QED) is 0.687. The highest BCUT2D eigenvalue weighted by atomic mass is 16.5. The third-order valence-corrected chi connectivity index (χ3v) is 4.57. The van der Waals surface area contributed by atoms with Crippen molar-refractivity contribution in [2.24, 2.45) is 29.1 Å². The Kier molecular flexibility index (Phi) is 4.22. The van der Waals surface area contributed by atoms with Crippen LogP contribution in [0.1, 0.15) is 48.0 Å². The van der Waals surface area contributed by atoms with E-state index in [1.54, 1.807) is 0 Å². The van der Waals surface area contributed by atoms with E-state index in [-0.39, 0.29) is 0 Å². The van der Waals surface area contributed by atoms with Gasteiger partial charge in [-0.25, -0.2) is 0 Å². The lowest BCUT2D eigenvalue weighted by atomic mass is 9.57. The molecule has 0 amide bonds. The van der Waals surface area contributed by atoms with Crippen molar-refractivity contribution in [1.82, 2.24) is 0 Å². The SMILES string of the molecule is CC(C)[C@@H]1CCOCC1(C(C)C)C(C)C. The van der Waals surface area contributed by atoms with E-state index in [0.29, 0.717) is 17.3 Å². The molecule has 1 rings (SSSR count). The maximum Gasteiger partial charge on any atom is 0.0530 e. The summed E-state index contributed by atoms with van der Waals surface area (Å²) in [5.74, 6) is 3.03. The van der Waals surface area contributed by atoms with Gasteiger partial charge in [0.2, 0.25) is 0 Å². The summed E-state index contributed by atoms with van der Waals surface area (Å²) in [5, 5.41) is 0. The molecule has 0 aromatic heterocycles. The lowest BCUT2D eigenvalue weighted by Crippen LogP contribution is -2.49. The Morgan fingerprint density at radius 2 is 1.53 bits per heavy atom. The van der Waals surface area contributed by atoms with Crippen LogP contribution in [0.15, 0.2) is 0 Å². The van der Waals surface area contributed by atoms with Gasteiger partial charge >= 0.3 is 0 Å². The van der Waals surface area contributed by atoms with Crippen molar-refractivity contribution in [1.29, 1.82) is 0 Å². The zero-order valence-electron chi connectivity index (χ0n) is 11.3. The topological polar surface area (TPSA) is 9.23 Å². The highest BCUT2D eigenvalue weighted by Gasteiger charge is 2.47. The predicted molar refractivity (Wildman–Crippen MR) is 65.9 cm³/mol. The number of rotatable bonds is 3. The van der Waals surface area contributed by atoms with Crippen LogP contribution in [0.5, 0.6) is 0 Å². The molecule has 1 atom stereocenters. The minimum atomic E-state index is 0.395. The van der Waals surface area contributed by atoms with Crippen LogP contribution in [-0.2, 0) is 4.74 Å². The Labute approximate surface area is 95.6 Å². The molecule has 0 unspecified atom stereocenters. The summed E-state index contributed by atoms with van der Waals surface area (Å²) < 4.78 is 5.79. The molecular formula is C14H28O. The van der Waals surface area contributed by atoms with Crippen LogP contribution in [0, 0.1) is 29.1 Å². The minimum absolute atomic E-state index is 0.395. The van der Waals surface area contributed by atoms with E-state index in [9.17, 15) is 0 Å². The monoisotopic (exact) mass is 212 g/mol. The van der Waals surface area contributed by atoms with Crippen molar-refractivity contribution in [3.63, 3.8) is 0 Å². The maximum atomic E-state index is 5.79. The van der Waals surface area contributed by atoms with Gasteiger partial charge in [-0.2, -0.15) is 0 Å². The molecule has 0 radical (unpaired) electrons. The lowest BCUT2D eigenvalue weighted by Gasteiger charge is -2.51. The molecule has 0 aromatic rings. The van der Waals surface area contributed by atoms with E-state index in [0.717, 1.165) is 25.0 Å². The summed E-state index contributed by atoms with van der Waals surface area (Å²) in [6, 6.07) is 0. The van der Waals surface area contributed by atoms with Gasteiger partial charge in [0.15, 0.2) is 0 Å². The Balaban J connectivity index is 2.99. The standard InChI is InChI=1S/C14H28O/c1-10(2)13-7-8-15-9-14(13,11(3)4)12(5)6/h10-13H,7-9H2,1-6H3/t13-/m0/s1. The second-order valence-electron chi connectivity index (χ2n) is 6.11.